The number of amidine groups is 1. The molecule has 6 nitrogen and oxygen atoms in total. The van der Waals surface area contributed by atoms with Crippen LogP contribution in [0.1, 0.15) is 10.4 Å². The van der Waals surface area contributed by atoms with Gasteiger partial charge in [-0.05, 0) is 12.1 Å². The molecule has 0 aromatic heterocycles. The second-order valence-electron chi connectivity index (χ2n) is 5.06. The lowest BCUT2D eigenvalue weighted by Gasteiger charge is -2.28. The normalized spacial score (nSPS) is 23.1. The first-order valence-corrected chi connectivity index (χ1v) is 7.85. The Bertz CT molecular complexity index is 737. The zero-order valence-corrected chi connectivity index (χ0v) is 13.2. The first-order valence-electron chi connectivity index (χ1n) is 6.87. The minimum absolute atomic E-state index is 0.0300. The van der Waals surface area contributed by atoms with E-state index in [1.165, 1.54) is 25.3 Å². The third kappa shape index (κ3) is 2.41. The Morgan fingerprint density at radius 1 is 1.42 bits per heavy atom. The molecule has 3 rings (SSSR count). The van der Waals surface area contributed by atoms with Gasteiger partial charge in [0.05, 0.1) is 12.7 Å². The van der Waals surface area contributed by atoms with E-state index in [0.29, 0.717) is 5.75 Å². The number of alkyl halides is 3. The van der Waals surface area contributed by atoms with E-state index in [4.69, 9.17) is 4.74 Å². The molecule has 1 unspecified atom stereocenters. The van der Waals surface area contributed by atoms with Crippen molar-refractivity contribution >= 4 is 28.7 Å². The van der Waals surface area contributed by atoms with Crippen molar-refractivity contribution in [2.24, 2.45) is 4.99 Å². The van der Waals surface area contributed by atoms with E-state index in [-0.39, 0.29) is 23.0 Å². The summed E-state index contributed by atoms with van der Waals surface area (Å²) < 4.78 is 45.8. The van der Waals surface area contributed by atoms with Gasteiger partial charge in [0, 0.05) is 12.3 Å². The van der Waals surface area contributed by atoms with Crippen molar-refractivity contribution in [3.05, 3.63) is 29.8 Å². The highest BCUT2D eigenvalue weighted by molar-refractivity contribution is 8.14. The molecule has 2 heterocycles. The van der Waals surface area contributed by atoms with Crippen LogP contribution >= 0.6 is 11.8 Å². The molecular formula is C14H12F3N3O3S. The van der Waals surface area contributed by atoms with Crippen molar-refractivity contribution in [1.82, 2.24) is 10.2 Å². The fourth-order valence-corrected chi connectivity index (χ4v) is 3.46. The second kappa shape index (κ2) is 5.69. The summed E-state index contributed by atoms with van der Waals surface area (Å²) in [5, 5.41) is 1.74. The lowest BCUT2D eigenvalue weighted by Crippen LogP contribution is -2.63. The van der Waals surface area contributed by atoms with Gasteiger partial charge in [0.25, 0.3) is 11.8 Å². The van der Waals surface area contributed by atoms with Gasteiger partial charge in [0.2, 0.25) is 0 Å². The predicted octanol–water partition coefficient (Wildman–Crippen LogP) is 1.63. The van der Waals surface area contributed by atoms with Crippen molar-refractivity contribution in [3.63, 3.8) is 0 Å². The van der Waals surface area contributed by atoms with Crippen LogP contribution in [0.15, 0.2) is 29.3 Å². The van der Waals surface area contributed by atoms with Gasteiger partial charge in [0.1, 0.15) is 5.75 Å². The SMILES string of the molecule is COc1ccccc1C(=O)NC1(C(F)(F)F)N=C2SCCN2C1=O. The average Bonchev–Trinajstić information content (AvgIpc) is 3.09. The zero-order valence-electron chi connectivity index (χ0n) is 12.4. The van der Waals surface area contributed by atoms with Crippen LogP contribution in [-0.4, -0.2) is 53.1 Å². The second-order valence-corrected chi connectivity index (χ2v) is 6.12. The lowest BCUT2D eigenvalue weighted by atomic mass is 10.1. The van der Waals surface area contributed by atoms with Crippen molar-refractivity contribution in [2.45, 2.75) is 11.8 Å². The van der Waals surface area contributed by atoms with Gasteiger partial charge in [-0.3, -0.25) is 14.5 Å². The summed E-state index contributed by atoms with van der Waals surface area (Å²) in [7, 11) is 1.29. The summed E-state index contributed by atoms with van der Waals surface area (Å²) in [6, 6.07) is 5.79. The standard InChI is InChI=1S/C14H12F3N3O3S/c1-23-9-5-3-2-4-8(9)10(21)18-13(14(15,16)17)11(22)20-6-7-24-12(20)19-13/h2-5H,6-7H2,1H3,(H,18,21). The number of nitrogens with one attached hydrogen (secondary N) is 1. The number of carbonyl (C=O) groups excluding carboxylic acids is 2. The first kappa shape index (κ1) is 16.6. The predicted molar refractivity (Wildman–Crippen MR) is 80.9 cm³/mol. The number of thioether (sulfide) groups is 1. The Kier molecular flexibility index (Phi) is 3.94. The summed E-state index contributed by atoms with van der Waals surface area (Å²) in [5.41, 5.74) is -3.41. The number of hydrogen-bond acceptors (Lipinski definition) is 5. The molecule has 0 aliphatic carbocycles. The number of halogens is 3. The van der Waals surface area contributed by atoms with Crippen LogP contribution in [0.2, 0.25) is 0 Å². The molecule has 2 aliphatic rings. The van der Waals surface area contributed by atoms with Crippen molar-refractivity contribution < 1.29 is 27.5 Å². The molecule has 0 bridgehead atoms. The quantitative estimate of drug-likeness (QED) is 0.891. The van der Waals surface area contributed by atoms with Gasteiger partial charge in [-0.15, -0.1) is 0 Å². The summed E-state index contributed by atoms with van der Waals surface area (Å²) in [6.45, 7) is 0.130. The number of nitrogens with zero attached hydrogens (tertiary/aromatic N) is 2. The molecule has 0 radical (unpaired) electrons. The number of carbonyl (C=O) groups is 2. The number of methoxy groups -OCH3 is 1. The maximum Gasteiger partial charge on any atom is 0.442 e. The fourth-order valence-electron chi connectivity index (χ4n) is 2.47. The molecular weight excluding hydrogens is 347 g/mol. The molecule has 10 heteroatoms. The van der Waals surface area contributed by atoms with Crippen molar-refractivity contribution in [2.75, 3.05) is 19.4 Å². The summed E-state index contributed by atoms with van der Waals surface area (Å²) in [6.07, 6.45) is -5.07. The highest BCUT2D eigenvalue weighted by Gasteiger charge is 2.67. The van der Waals surface area contributed by atoms with Gasteiger partial charge in [-0.25, -0.2) is 4.99 Å². The smallest absolute Gasteiger partial charge is 0.442 e. The topological polar surface area (TPSA) is 71.0 Å². The number of benzene rings is 1. The van der Waals surface area contributed by atoms with E-state index in [2.05, 4.69) is 4.99 Å². The van der Waals surface area contributed by atoms with Crippen LogP contribution in [-0.2, 0) is 4.79 Å². The molecule has 1 aromatic rings. The number of hydrogen-bond donors (Lipinski definition) is 1. The van der Waals surface area contributed by atoms with E-state index < -0.39 is 23.7 Å². The molecule has 128 valence electrons. The highest BCUT2D eigenvalue weighted by atomic mass is 32.2. The van der Waals surface area contributed by atoms with Crippen LogP contribution in [0.3, 0.4) is 0 Å². The van der Waals surface area contributed by atoms with E-state index in [9.17, 15) is 22.8 Å². The van der Waals surface area contributed by atoms with E-state index in [1.54, 1.807) is 11.4 Å². The molecule has 1 atom stereocenters. The Labute approximate surface area is 139 Å². The molecule has 1 N–H and O–H groups in total. The van der Waals surface area contributed by atoms with Crippen molar-refractivity contribution in [1.29, 1.82) is 0 Å². The van der Waals surface area contributed by atoms with Gasteiger partial charge < -0.3 is 10.1 Å². The van der Waals surface area contributed by atoms with Gasteiger partial charge in [-0.2, -0.15) is 13.2 Å². The van der Waals surface area contributed by atoms with E-state index in [1.807, 2.05) is 0 Å². The third-order valence-electron chi connectivity index (χ3n) is 3.65. The van der Waals surface area contributed by atoms with Crippen LogP contribution in [0.25, 0.3) is 0 Å². The monoisotopic (exact) mass is 359 g/mol. The van der Waals surface area contributed by atoms with E-state index in [0.717, 1.165) is 16.7 Å². The molecule has 24 heavy (non-hydrogen) atoms. The summed E-state index contributed by atoms with van der Waals surface area (Å²) >= 11 is 1.04. The van der Waals surface area contributed by atoms with Crippen LogP contribution < -0.4 is 10.1 Å². The van der Waals surface area contributed by atoms with Gasteiger partial charge in [-0.1, -0.05) is 23.9 Å². The highest BCUT2D eigenvalue weighted by Crippen LogP contribution is 2.41. The third-order valence-corrected chi connectivity index (χ3v) is 4.61. The Hall–Kier alpha value is -2.23. The van der Waals surface area contributed by atoms with Crippen molar-refractivity contribution in [3.8, 4) is 5.75 Å². The number of para-hydroxylation sites is 1. The fraction of sp³-hybridized carbons (Fsp3) is 0.357. The minimum atomic E-state index is -5.07. The molecule has 0 spiro atoms. The Balaban J connectivity index is 1.99. The van der Waals surface area contributed by atoms with E-state index >= 15 is 0 Å². The molecule has 0 saturated carbocycles. The number of fused-ring (bicyclic) bond motifs is 1. The van der Waals surface area contributed by atoms with Gasteiger partial charge >= 0.3 is 11.8 Å². The van der Waals surface area contributed by atoms with Crippen LogP contribution in [0.4, 0.5) is 13.2 Å². The number of aliphatic imine (C=N–C) groups is 1. The zero-order chi connectivity index (χ0) is 17.5. The number of amides is 2. The van der Waals surface area contributed by atoms with Gasteiger partial charge in [0.15, 0.2) is 5.17 Å². The Morgan fingerprint density at radius 2 is 2.12 bits per heavy atom. The summed E-state index contributed by atoms with van der Waals surface area (Å²) in [5.74, 6) is -1.81. The van der Waals surface area contributed by atoms with Crippen LogP contribution in [0, 0.1) is 0 Å². The largest absolute Gasteiger partial charge is 0.496 e. The molecule has 2 aliphatic heterocycles. The number of rotatable bonds is 3. The number of ether oxygens (including phenoxy) is 1. The minimum Gasteiger partial charge on any atom is -0.496 e. The molecule has 1 aromatic carbocycles. The maximum atomic E-state index is 13.6. The first-order chi connectivity index (χ1) is 11.3. The molecule has 2 amide bonds. The van der Waals surface area contributed by atoms with Crippen LogP contribution in [0.5, 0.6) is 5.75 Å². The molecule has 1 saturated heterocycles. The lowest BCUT2D eigenvalue weighted by molar-refractivity contribution is -0.196. The Morgan fingerprint density at radius 3 is 2.75 bits per heavy atom. The molecule has 1 fully saturated rings. The maximum absolute atomic E-state index is 13.6. The average molecular weight is 359 g/mol. The summed E-state index contributed by atoms with van der Waals surface area (Å²) in [4.78, 5) is 29.1.